The first-order chi connectivity index (χ1) is 21.9. The van der Waals surface area contributed by atoms with Crippen molar-refractivity contribution in [2.45, 2.75) is 76.0 Å². The molecule has 0 aromatic heterocycles. The maximum Gasteiger partial charge on any atom is -0.000697 e. The summed E-state index contributed by atoms with van der Waals surface area (Å²) < 4.78 is 0. The van der Waals surface area contributed by atoms with Crippen molar-refractivity contribution in [1.82, 2.24) is 0 Å². The number of hydrogen-bond donors (Lipinski definition) is 0. The Bertz CT molecular complexity index is 2330. The molecule has 0 unspecified atom stereocenters. The Kier molecular flexibility index (Phi) is 5.54. The molecule has 0 saturated heterocycles. The Hall–Kier alpha value is -4.16. The van der Waals surface area contributed by atoms with Crippen LogP contribution in [-0.2, 0) is 0 Å². The van der Waals surface area contributed by atoms with E-state index in [0.717, 1.165) is 0 Å². The highest BCUT2D eigenvalue weighted by Crippen LogP contribution is 2.54. The fourth-order valence-electron chi connectivity index (χ4n) is 9.79. The molecule has 2 fully saturated rings. The molecule has 0 atom stereocenters. The number of hydrogen-bond acceptors (Lipinski definition) is 0. The lowest BCUT2D eigenvalue weighted by molar-refractivity contribution is 0.444. The SMILES string of the molecule is c1ccc(-c2c3cc(C4CCCCC4)cc4c5ccccc5c(c34)c3c4cccc5c(C6CCCCC6)ccc(c23)c54)cc1. The highest BCUT2D eigenvalue weighted by molar-refractivity contribution is 6.48. The van der Waals surface area contributed by atoms with Crippen molar-refractivity contribution in [3.63, 3.8) is 0 Å². The van der Waals surface area contributed by atoms with Crippen LogP contribution in [0, 0.1) is 0 Å². The summed E-state index contributed by atoms with van der Waals surface area (Å²) in [5.74, 6) is 1.35. The largest absolute Gasteiger partial charge is 0.0622 e. The summed E-state index contributed by atoms with van der Waals surface area (Å²) in [6.07, 6.45) is 13.5. The first kappa shape index (κ1) is 25.2. The molecular weight excluding hydrogens is 528 g/mol. The van der Waals surface area contributed by atoms with Gasteiger partial charge in [-0.2, -0.15) is 0 Å². The van der Waals surface area contributed by atoms with Crippen molar-refractivity contribution >= 4 is 64.6 Å². The second-order valence-electron chi connectivity index (χ2n) is 14.0. The molecule has 10 rings (SSSR count). The molecule has 0 spiro atoms. The third-order valence-electron chi connectivity index (χ3n) is 11.7. The van der Waals surface area contributed by atoms with E-state index >= 15 is 0 Å². The molecule has 2 aliphatic rings. The zero-order valence-electron chi connectivity index (χ0n) is 25.5. The maximum absolute atomic E-state index is 2.63. The van der Waals surface area contributed by atoms with Crippen LogP contribution in [0.25, 0.3) is 75.8 Å². The first-order valence-electron chi connectivity index (χ1n) is 17.3. The van der Waals surface area contributed by atoms with Crippen LogP contribution in [-0.4, -0.2) is 0 Å². The van der Waals surface area contributed by atoms with Crippen molar-refractivity contribution in [2.24, 2.45) is 0 Å². The van der Waals surface area contributed by atoms with Crippen LogP contribution in [0.2, 0.25) is 0 Å². The summed E-state index contributed by atoms with van der Waals surface area (Å²) in [5, 5.41) is 17.5. The summed E-state index contributed by atoms with van der Waals surface area (Å²) in [5.41, 5.74) is 5.92. The molecule has 0 radical (unpaired) electrons. The van der Waals surface area contributed by atoms with Crippen LogP contribution in [0.15, 0.2) is 97.1 Å². The molecule has 0 heteroatoms. The second kappa shape index (κ2) is 9.67. The van der Waals surface area contributed by atoms with Crippen molar-refractivity contribution in [3.8, 4) is 11.1 Å². The van der Waals surface area contributed by atoms with E-state index in [0.29, 0.717) is 11.8 Å². The quantitative estimate of drug-likeness (QED) is 0.199. The van der Waals surface area contributed by atoms with E-state index in [-0.39, 0.29) is 0 Å². The predicted molar refractivity (Wildman–Crippen MR) is 191 cm³/mol. The van der Waals surface area contributed by atoms with Gasteiger partial charge in [-0.25, -0.2) is 0 Å². The molecule has 214 valence electrons. The summed E-state index contributed by atoms with van der Waals surface area (Å²) in [4.78, 5) is 0. The molecule has 0 N–H and O–H groups in total. The lowest BCUT2D eigenvalue weighted by Crippen LogP contribution is -2.04. The average molecular weight is 567 g/mol. The van der Waals surface area contributed by atoms with E-state index in [1.807, 2.05) is 0 Å². The molecule has 0 bridgehead atoms. The normalized spacial score (nSPS) is 17.4. The molecule has 44 heavy (non-hydrogen) atoms. The second-order valence-corrected chi connectivity index (χ2v) is 14.0. The summed E-state index contributed by atoms with van der Waals surface area (Å²) >= 11 is 0. The van der Waals surface area contributed by atoms with Gasteiger partial charge >= 0.3 is 0 Å². The van der Waals surface area contributed by atoms with Gasteiger partial charge in [-0.15, -0.1) is 0 Å². The molecule has 8 aromatic carbocycles. The van der Waals surface area contributed by atoms with Crippen LogP contribution < -0.4 is 0 Å². The molecule has 0 aliphatic heterocycles. The van der Waals surface area contributed by atoms with Gasteiger partial charge < -0.3 is 0 Å². The fraction of sp³-hybridized carbons (Fsp3) is 0.273. The third kappa shape index (κ3) is 3.46. The summed E-state index contributed by atoms with van der Waals surface area (Å²) in [6.45, 7) is 0. The van der Waals surface area contributed by atoms with Gasteiger partial charge in [0, 0.05) is 0 Å². The van der Waals surface area contributed by atoms with Crippen molar-refractivity contribution in [1.29, 1.82) is 0 Å². The zero-order chi connectivity index (χ0) is 28.8. The first-order valence-corrected chi connectivity index (χ1v) is 17.3. The van der Waals surface area contributed by atoms with Gasteiger partial charge in [0.2, 0.25) is 0 Å². The molecule has 0 nitrogen and oxygen atoms in total. The van der Waals surface area contributed by atoms with E-state index in [2.05, 4.69) is 97.1 Å². The Balaban J connectivity index is 1.44. The van der Waals surface area contributed by atoms with Crippen LogP contribution in [0.4, 0.5) is 0 Å². The highest BCUT2D eigenvalue weighted by Gasteiger charge is 2.28. The van der Waals surface area contributed by atoms with Crippen molar-refractivity contribution < 1.29 is 0 Å². The van der Waals surface area contributed by atoms with E-state index in [1.54, 1.807) is 11.1 Å². The van der Waals surface area contributed by atoms with Crippen molar-refractivity contribution in [3.05, 3.63) is 108 Å². The number of benzene rings is 6. The molecule has 2 saturated carbocycles. The number of fused-ring (bicyclic) bond motifs is 7. The van der Waals surface area contributed by atoms with E-state index in [9.17, 15) is 0 Å². The van der Waals surface area contributed by atoms with Crippen LogP contribution in [0.5, 0.6) is 0 Å². The molecule has 2 aliphatic carbocycles. The lowest BCUT2D eigenvalue weighted by Gasteiger charge is -2.23. The van der Waals surface area contributed by atoms with Gasteiger partial charge in [0.25, 0.3) is 0 Å². The Labute approximate surface area is 259 Å². The van der Waals surface area contributed by atoms with Crippen LogP contribution in [0.3, 0.4) is 0 Å². The van der Waals surface area contributed by atoms with Crippen LogP contribution in [0.1, 0.15) is 87.2 Å². The van der Waals surface area contributed by atoms with E-state index < -0.39 is 0 Å². The topological polar surface area (TPSA) is 0 Å². The molecular formula is C44H38. The monoisotopic (exact) mass is 566 g/mol. The zero-order valence-corrected chi connectivity index (χ0v) is 25.5. The molecule has 0 heterocycles. The van der Waals surface area contributed by atoms with Crippen molar-refractivity contribution in [2.75, 3.05) is 0 Å². The Morgan fingerprint density at radius 1 is 0.364 bits per heavy atom. The Morgan fingerprint density at radius 2 is 0.977 bits per heavy atom. The molecule has 8 aromatic rings. The fourth-order valence-corrected chi connectivity index (χ4v) is 9.79. The number of rotatable bonds is 3. The smallest absolute Gasteiger partial charge is 0.000697 e. The van der Waals surface area contributed by atoms with Crippen LogP contribution >= 0.6 is 0 Å². The minimum Gasteiger partial charge on any atom is -0.0622 e. The minimum absolute atomic E-state index is 0.663. The van der Waals surface area contributed by atoms with Gasteiger partial charge in [0.05, 0.1) is 0 Å². The van der Waals surface area contributed by atoms with Gasteiger partial charge in [0.15, 0.2) is 0 Å². The highest BCUT2D eigenvalue weighted by atomic mass is 14.3. The van der Waals surface area contributed by atoms with Gasteiger partial charge in [0.1, 0.15) is 0 Å². The van der Waals surface area contributed by atoms with E-state index in [1.165, 1.54) is 140 Å². The average Bonchev–Trinajstić information content (AvgIpc) is 3.61. The molecule has 0 amide bonds. The third-order valence-corrected chi connectivity index (χ3v) is 11.7. The standard InChI is InChI=1S/C44H38/c1-4-13-27(14-5-1)30-25-37-32-19-10-11-20-34(32)42-41(37)38(26-30)39(29-17-8-3-9-18-29)43-36-24-23-31(28-15-6-2-7-16-28)33-21-12-22-35(40(33)36)44(42)43/h3,8-12,17-28H,1-2,4-7,13-16H2. The summed E-state index contributed by atoms with van der Waals surface area (Å²) in [7, 11) is 0. The predicted octanol–water partition coefficient (Wildman–Crippen LogP) is 13.2. The maximum atomic E-state index is 2.63. The summed E-state index contributed by atoms with van der Waals surface area (Å²) in [6, 6.07) is 38.0. The minimum atomic E-state index is 0.663. The van der Waals surface area contributed by atoms with Gasteiger partial charge in [-0.1, -0.05) is 136 Å². The van der Waals surface area contributed by atoms with E-state index in [4.69, 9.17) is 0 Å². The Morgan fingerprint density at radius 3 is 1.77 bits per heavy atom. The van der Waals surface area contributed by atoms with Gasteiger partial charge in [-0.3, -0.25) is 0 Å². The lowest BCUT2D eigenvalue weighted by atomic mass is 9.81. The van der Waals surface area contributed by atoms with Gasteiger partial charge in [-0.05, 0) is 124 Å².